The number of nitrogens with zero attached hydrogens (tertiary/aromatic N) is 1. The highest BCUT2D eigenvalue weighted by Crippen LogP contribution is 2.13. The molecule has 0 aliphatic heterocycles. The van der Waals surface area contributed by atoms with Crippen molar-refractivity contribution in [3.63, 3.8) is 0 Å². The van der Waals surface area contributed by atoms with Crippen LogP contribution in [-0.4, -0.2) is 19.1 Å². The molecule has 0 fully saturated rings. The molecule has 1 heterocycles. The van der Waals surface area contributed by atoms with E-state index in [0.29, 0.717) is 0 Å². The molecule has 1 aromatic carbocycles. The maximum absolute atomic E-state index is 12.9. The molecule has 0 bridgehead atoms. The fourth-order valence-corrected chi connectivity index (χ4v) is 1.97. The fraction of sp³-hybridized carbons (Fsp3) is 0.421. The maximum atomic E-state index is 12.9. The summed E-state index contributed by atoms with van der Waals surface area (Å²) in [5, 5.41) is 2.75. The lowest BCUT2D eigenvalue weighted by atomic mass is 10.0. The first-order chi connectivity index (χ1) is 10.6. The lowest BCUT2D eigenvalue weighted by Gasteiger charge is -2.07. The zero-order chi connectivity index (χ0) is 17.0. The van der Waals surface area contributed by atoms with E-state index < -0.39 is 0 Å². The van der Waals surface area contributed by atoms with Crippen molar-refractivity contribution in [2.45, 2.75) is 40.5 Å². The number of aryl methyl sites for hydroxylation is 4. The molecule has 0 spiro atoms. The first-order valence-corrected chi connectivity index (χ1v) is 7.82. The van der Waals surface area contributed by atoms with E-state index in [9.17, 15) is 4.39 Å². The van der Waals surface area contributed by atoms with Crippen LogP contribution in [0.5, 0.6) is 0 Å². The number of benzene rings is 1. The Bertz CT molecular complexity index is 539. The van der Waals surface area contributed by atoms with Gasteiger partial charge < -0.3 is 5.32 Å². The molecule has 122 valence electrons. The summed E-state index contributed by atoms with van der Waals surface area (Å²) in [7, 11) is 3.75. The Labute approximate surface area is 134 Å². The summed E-state index contributed by atoms with van der Waals surface area (Å²) in [6.45, 7) is 8.02. The van der Waals surface area contributed by atoms with Gasteiger partial charge in [-0.2, -0.15) is 0 Å². The minimum Gasteiger partial charge on any atom is -0.323 e. The Balaban J connectivity index is 0.000000789. The Morgan fingerprint density at radius 2 is 1.59 bits per heavy atom. The van der Waals surface area contributed by atoms with Crippen LogP contribution in [0.2, 0.25) is 0 Å². The number of nitrogens with one attached hydrogen (secondary N) is 1. The molecule has 0 saturated carbocycles. The van der Waals surface area contributed by atoms with E-state index in [0.717, 1.165) is 24.1 Å². The highest BCUT2D eigenvalue weighted by Gasteiger charge is 2.03. The predicted molar refractivity (Wildman–Crippen MR) is 93.9 cm³/mol. The summed E-state index contributed by atoms with van der Waals surface area (Å²) in [4.78, 5) is 4.15. The third-order valence-corrected chi connectivity index (χ3v) is 3.05. The number of pyridine rings is 1. The molecule has 0 aliphatic rings. The minimum absolute atomic E-state index is 0.262. The van der Waals surface area contributed by atoms with Gasteiger partial charge in [-0.05, 0) is 63.5 Å². The quantitative estimate of drug-likeness (QED) is 0.904. The highest BCUT2D eigenvalue weighted by molar-refractivity contribution is 5.27. The van der Waals surface area contributed by atoms with E-state index in [-0.39, 0.29) is 5.82 Å². The first kappa shape index (κ1) is 20.3. The molecule has 0 unspecified atom stereocenters. The zero-order valence-corrected chi connectivity index (χ0v) is 14.7. The van der Waals surface area contributed by atoms with E-state index in [4.69, 9.17) is 0 Å². The summed E-state index contributed by atoms with van der Waals surface area (Å²) < 4.78 is 12.9. The molecule has 1 aromatic heterocycles. The van der Waals surface area contributed by atoms with Crippen molar-refractivity contribution in [3.8, 4) is 0 Å². The first-order valence-electron chi connectivity index (χ1n) is 7.82. The summed E-state index contributed by atoms with van der Waals surface area (Å²) in [5.74, 6) is -0.262. The molecule has 2 nitrogen and oxygen atoms in total. The number of hydrogen-bond acceptors (Lipinski definition) is 2. The van der Waals surface area contributed by atoms with Gasteiger partial charge in [0.05, 0.1) is 6.20 Å². The van der Waals surface area contributed by atoms with Crippen molar-refractivity contribution in [1.29, 1.82) is 0 Å². The van der Waals surface area contributed by atoms with E-state index in [1.54, 1.807) is 6.07 Å². The number of hydrogen-bond donors (Lipinski definition) is 1. The molecular weight excluding hydrogens is 275 g/mol. The van der Waals surface area contributed by atoms with Crippen molar-refractivity contribution >= 4 is 0 Å². The number of aromatic nitrogens is 1. The van der Waals surface area contributed by atoms with Gasteiger partial charge >= 0.3 is 0 Å². The lowest BCUT2D eigenvalue weighted by molar-refractivity contribution is 0.617. The normalized spacial score (nSPS) is 9.23. The fourth-order valence-electron chi connectivity index (χ4n) is 1.97. The standard InChI is InChI=1S/C15H16FN.C2H7N.C2H6/c1-11-5-3-4-6-13(11)7-8-15-12(2)9-14(16)10-17-15;1-3-2;1-2/h3-6,9-10H,7-8H2,1-2H3;3H,1-2H3;1-2H3. The molecule has 22 heavy (non-hydrogen) atoms. The smallest absolute Gasteiger partial charge is 0.141 e. The van der Waals surface area contributed by atoms with Crippen LogP contribution in [0.3, 0.4) is 0 Å². The summed E-state index contributed by atoms with van der Waals surface area (Å²) in [5.41, 5.74) is 4.54. The second-order valence-corrected chi connectivity index (χ2v) is 4.84. The highest BCUT2D eigenvalue weighted by atomic mass is 19.1. The maximum Gasteiger partial charge on any atom is 0.141 e. The van der Waals surface area contributed by atoms with Crippen LogP contribution in [-0.2, 0) is 12.8 Å². The van der Waals surface area contributed by atoms with Crippen molar-refractivity contribution in [2.24, 2.45) is 0 Å². The van der Waals surface area contributed by atoms with Crippen LogP contribution < -0.4 is 5.32 Å². The van der Waals surface area contributed by atoms with Crippen molar-refractivity contribution in [1.82, 2.24) is 10.3 Å². The Kier molecular flexibility index (Phi) is 10.9. The Morgan fingerprint density at radius 3 is 2.14 bits per heavy atom. The molecule has 2 rings (SSSR count). The van der Waals surface area contributed by atoms with Crippen LogP contribution in [0.4, 0.5) is 4.39 Å². The van der Waals surface area contributed by atoms with Gasteiger partial charge in [0.1, 0.15) is 5.82 Å². The van der Waals surface area contributed by atoms with Crippen LogP contribution in [0.15, 0.2) is 36.5 Å². The second kappa shape index (κ2) is 11.9. The van der Waals surface area contributed by atoms with Gasteiger partial charge in [-0.25, -0.2) is 4.39 Å². The van der Waals surface area contributed by atoms with Gasteiger partial charge in [0.25, 0.3) is 0 Å². The van der Waals surface area contributed by atoms with Gasteiger partial charge in [-0.15, -0.1) is 0 Å². The SMILES string of the molecule is CC.CNC.Cc1ccccc1CCc1ncc(F)cc1C. The second-order valence-electron chi connectivity index (χ2n) is 4.84. The van der Waals surface area contributed by atoms with Gasteiger partial charge in [0, 0.05) is 5.69 Å². The van der Waals surface area contributed by atoms with Crippen LogP contribution >= 0.6 is 0 Å². The van der Waals surface area contributed by atoms with Crippen LogP contribution in [0, 0.1) is 19.7 Å². The molecule has 0 atom stereocenters. The molecule has 0 aliphatic carbocycles. The van der Waals surface area contributed by atoms with E-state index in [1.807, 2.05) is 47.0 Å². The average Bonchev–Trinajstić information content (AvgIpc) is 2.51. The average molecular weight is 304 g/mol. The van der Waals surface area contributed by atoms with E-state index >= 15 is 0 Å². The van der Waals surface area contributed by atoms with Gasteiger partial charge in [-0.3, -0.25) is 4.98 Å². The van der Waals surface area contributed by atoms with Crippen molar-refractivity contribution < 1.29 is 4.39 Å². The van der Waals surface area contributed by atoms with Gasteiger partial charge in [0.15, 0.2) is 0 Å². The third kappa shape index (κ3) is 7.32. The summed E-state index contributed by atoms with van der Waals surface area (Å²) in [6, 6.07) is 9.88. The zero-order valence-electron chi connectivity index (χ0n) is 14.7. The van der Waals surface area contributed by atoms with Gasteiger partial charge in [0.2, 0.25) is 0 Å². The monoisotopic (exact) mass is 304 g/mol. The molecule has 1 N–H and O–H groups in total. The number of rotatable bonds is 3. The topological polar surface area (TPSA) is 24.9 Å². The molecular formula is C19H29FN2. The number of halogens is 1. The van der Waals surface area contributed by atoms with Crippen LogP contribution in [0.25, 0.3) is 0 Å². The molecule has 2 aromatic rings. The third-order valence-electron chi connectivity index (χ3n) is 3.05. The Morgan fingerprint density at radius 1 is 1.00 bits per heavy atom. The van der Waals surface area contributed by atoms with Crippen molar-refractivity contribution in [3.05, 3.63) is 64.7 Å². The van der Waals surface area contributed by atoms with Crippen molar-refractivity contribution in [2.75, 3.05) is 14.1 Å². The Hall–Kier alpha value is -1.74. The summed E-state index contributed by atoms with van der Waals surface area (Å²) in [6.07, 6.45) is 3.10. The predicted octanol–water partition coefficient (Wildman–Crippen LogP) is 4.48. The van der Waals surface area contributed by atoms with Crippen LogP contribution in [0.1, 0.15) is 36.2 Å². The molecule has 3 heteroatoms. The lowest BCUT2D eigenvalue weighted by Crippen LogP contribution is -1.99. The molecule has 0 saturated heterocycles. The van der Waals surface area contributed by atoms with Gasteiger partial charge in [-0.1, -0.05) is 38.1 Å². The largest absolute Gasteiger partial charge is 0.323 e. The van der Waals surface area contributed by atoms with E-state index in [2.05, 4.69) is 29.4 Å². The van der Waals surface area contributed by atoms with E-state index in [1.165, 1.54) is 17.3 Å². The molecule has 0 amide bonds. The minimum atomic E-state index is -0.262. The molecule has 0 radical (unpaired) electrons. The summed E-state index contributed by atoms with van der Waals surface area (Å²) >= 11 is 0.